The van der Waals surface area contributed by atoms with Gasteiger partial charge in [0.05, 0.1) is 63.2 Å². The molecule has 5 heterocycles. The summed E-state index contributed by atoms with van der Waals surface area (Å²) < 4.78 is 23.8. The van der Waals surface area contributed by atoms with E-state index < -0.39 is 78.2 Å². The first kappa shape index (κ1) is 96.7. The minimum Gasteiger partial charge on any atom is -0.494 e. The summed E-state index contributed by atoms with van der Waals surface area (Å²) in [6.45, 7) is 13.2. The van der Waals surface area contributed by atoms with Crippen molar-refractivity contribution < 1.29 is 105 Å². The van der Waals surface area contributed by atoms with E-state index in [2.05, 4.69) is 26.0 Å². The second kappa shape index (κ2) is 49.3. The lowest BCUT2D eigenvalue weighted by molar-refractivity contribution is -0.167. The third-order valence-corrected chi connectivity index (χ3v) is 23.2. The third-order valence-electron chi connectivity index (χ3n) is 23.2. The lowest BCUT2D eigenvalue weighted by atomic mass is 9.73. The van der Waals surface area contributed by atoms with Gasteiger partial charge in [0.1, 0.15) is 13.2 Å². The fourth-order valence-corrected chi connectivity index (χ4v) is 17.2. The highest BCUT2D eigenvalue weighted by Crippen LogP contribution is 2.57. The third kappa shape index (κ3) is 28.1. The van der Waals surface area contributed by atoms with E-state index in [1.807, 2.05) is 43.4 Å². The maximum atomic E-state index is 13.6. The number of rotatable bonds is 58. The van der Waals surface area contributed by atoms with E-state index in [-0.39, 0.29) is 142 Å². The van der Waals surface area contributed by atoms with E-state index >= 15 is 0 Å². The molecular formula is C92H143N5O21. The SMILES string of the molecule is CCC=CCC1C=CC(C(CCCCCCCC(=O)OCC(COC(=O)CCCCCCCC(c2cc(O)n(CC(C)O)c2O)C2C=CC(CCCCC)c3c2c(O)n(CC(C)O)c3O)OC(=O)CCCCCCCC(C=CCCCCCCC)c2cc(O)n(CC(C)O)c2O)c2cc(O)n(CC(C)O)c2O)c2c1c(O)n(CC(C)O)c2O. The Kier molecular flexibility index (Phi) is 40.4. The number of hydrogen-bond acceptors (Lipinski definition) is 21. The molecule has 0 radical (unpaired) electrons. The summed E-state index contributed by atoms with van der Waals surface area (Å²) in [6.07, 6.45) is 34.3. The van der Waals surface area contributed by atoms with E-state index in [1.165, 1.54) is 47.8 Å². The fourth-order valence-electron chi connectivity index (χ4n) is 17.2. The van der Waals surface area contributed by atoms with Gasteiger partial charge in [-0.05, 0) is 117 Å². The lowest BCUT2D eigenvalue weighted by Gasteiger charge is -2.30. The number of allylic oxidation sites excluding steroid dienone is 8. The summed E-state index contributed by atoms with van der Waals surface area (Å²) in [5.41, 5.74) is 3.50. The van der Waals surface area contributed by atoms with Gasteiger partial charge in [0.25, 0.3) is 0 Å². The standard InChI is InChI=1S/C92H143N5O21/c1-9-12-15-16-17-21-30-37-65(73-50-76(103)93(86(73)109)53-60(4)98)38-31-22-18-27-36-45-81(108)118-68(58-116-79(106)43-34-25-19-23-32-41-69(74-51-77(104)94(87(74)110)54-61(5)99)71-48-46-66(39-28-13-10-2)82-84(71)91(114)96(89(82)112)56-63(7)101)59-117-80(107)44-35-26-20-24-33-42-70(75-52-78(105)95(88(75)111)55-62(6)100)72-49-47-67(40-29-14-11-3)83-85(72)92(115)97(90(83)113)57-64(8)102/h13,28,30,37,46-52,60-72,98-105,109-115H,9-12,14-27,29,31-36,38-45,53-59H2,1-8H3. The van der Waals surface area contributed by atoms with Crippen LogP contribution in [0.5, 0.6) is 58.8 Å². The quantitative estimate of drug-likeness (QED) is 0.00744. The smallest absolute Gasteiger partial charge is 0.306 e. The van der Waals surface area contributed by atoms with E-state index in [0.29, 0.717) is 142 Å². The van der Waals surface area contributed by atoms with Crippen molar-refractivity contribution >= 4 is 17.9 Å². The molecule has 15 N–H and O–H groups in total. The van der Waals surface area contributed by atoms with Crippen LogP contribution in [0, 0.1) is 0 Å². The van der Waals surface area contributed by atoms with Crippen molar-refractivity contribution in [2.45, 2.75) is 378 Å². The van der Waals surface area contributed by atoms with Crippen molar-refractivity contribution in [1.82, 2.24) is 22.8 Å². The van der Waals surface area contributed by atoms with Crippen LogP contribution in [0.4, 0.5) is 0 Å². The highest BCUT2D eigenvalue weighted by Gasteiger charge is 2.42. The minimum absolute atomic E-state index is 0.0484. The van der Waals surface area contributed by atoms with Crippen LogP contribution >= 0.6 is 0 Å². The summed E-state index contributed by atoms with van der Waals surface area (Å²) in [7, 11) is 0. The Morgan fingerprint density at radius 1 is 0.381 bits per heavy atom. The van der Waals surface area contributed by atoms with E-state index in [1.54, 1.807) is 40.7 Å². The van der Waals surface area contributed by atoms with Gasteiger partial charge in [0, 0.05) is 106 Å². The summed E-state index contributed by atoms with van der Waals surface area (Å²) in [4.78, 5) is 40.6. The molecule has 0 spiro atoms. The predicted molar refractivity (Wildman–Crippen MR) is 454 cm³/mol. The number of nitrogens with zero attached hydrogens (tertiary/aromatic N) is 5. The van der Waals surface area contributed by atoms with Crippen molar-refractivity contribution in [2.75, 3.05) is 13.2 Å². The maximum absolute atomic E-state index is 13.6. The Hall–Kier alpha value is -8.43. The Labute approximate surface area is 698 Å². The minimum atomic E-state index is -1.10. The summed E-state index contributed by atoms with van der Waals surface area (Å²) in [6, 6.07) is 4.54. The molecule has 7 rings (SSSR count). The molecular weight excluding hydrogens is 1510 g/mol. The molecule has 118 heavy (non-hydrogen) atoms. The van der Waals surface area contributed by atoms with Crippen molar-refractivity contribution in [3.8, 4) is 58.8 Å². The van der Waals surface area contributed by atoms with Crippen LogP contribution in [0.25, 0.3) is 0 Å². The second-order valence-corrected chi connectivity index (χ2v) is 33.6. The molecule has 0 bridgehead atoms. The monoisotopic (exact) mass is 1650 g/mol. The van der Waals surface area contributed by atoms with Gasteiger partial charge in [-0.3, -0.25) is 37.2 Å². The molecule has 5 aromatic heterocycles. The molecule has 0 fully saturated rings. The van der Waals surface area contributed by atoms with Gasteiger partial charge in [-0.1, -0.05) is 191 Å². The van der Waals surface area contributed by atoms with Gasteiger partial charge < -0.3 is 90.8 Å². The van der Waals surface area contributed by atoms with Gasteiger partial charge in [-0.25, -0.2) is 0 Å². The van der Waals surface area contributed by atoms with Crippen molar-refractivity contribution in [3.05, 3.63) is 106 Å². The van der Waals surface area contributed by atoms with Crippen molar-refractivity contribution in [2.24, 2.45) is 0 Å². The van der Waals surface area contributed by atoms with Crippen LogP contribution < -0.4 is 0 Å². The van der Waals surface area contributed by atoms with Crippen LogP contribution in [0.15, 0.2) is 66.8 Å². The largest absolute Gasteiger partial charge is 0.494 e. The fraction of sp³-hybridized carbons (Fsp3) is 0.663. The van der Waals surface area contributed by atoms with E-state index in [0.717, 1.165) is 77.0 Å². The number of unbranched alkanes of at least 4 members (excludes halogenated alkanes) is 19. The lowest BCUT2D eigenvalue weighted by Crippen LogP contribution is -2.30. The number of carbonyl (C=O) groups is 3. The Bertz CT molecular complexity index is 3990. The first-order valence-corrected chi connectivity index (χ1v) is 44.2. The van der Waals surface area contributed by atoms with Crippen molar-refractivity contribution in [3.63, 3.8) is 0 Å². The Morgan fingerprint density at radius 2 is 0.746 bits per heavy atom. The first-order chi connectivity index (χ1) is 56.5. The average Bonchev–Trinajstić information content (AvgIpc) is 1.59. The van der Waals surface area contributed by atoms with Crippen LogP contribution in [-0.4, -0.2) is 167 Å². The van der Waals surface area contributed by atoms with Gasteiger partial charge in [0.15, 0.2) is 64.9 Å². The maximum Gasteiger partial charge on any atom is 0.306 e. The summed E-state index contributed by atoms with van der Waals surface area (Å²) in [5, 5.41) is 166. The molecule has 26 heteroatoms. The van der Waals surface area contributed by atoms with E-state index in [4.69, 9.17) is 14.2 Å². The first-order valence-electron chi connectivity index (χ1n) is 44.2. The zero-order valence-corrected chi connectivity index (χ0v) is 71.5. The number of aromatic hydroxyl groups is 10. The molecule has 2 aliphatic rings. The number of aromatic nitrogens is 5. The van der Waals surface area contributed by atoms with Gasteiger partial charge >= 0.3 is 17.9 Å². The number of aliphatic hydroxyl groups excluding tert-OH is 5. The highest BCUT2D eigenvalue weighted by molar-refractivity contribution is 5.71. The van der Waals surface area contributed by atoms with Crippen LogP contribution in [0.3, 0.4) is 0 Å². The highest BCUT2D eigenvalue weighted by atomic mass is 16.6. The predicted octanol–water partition coefficient (Wildman–Crippen LogP) is 17.2. The van der Waals surface area contributed by atoms with Crippen molar-refractivity contribution in [1.29, 1.82) is 0 Å². The molecule has 2 aliphatic carbocycles. The number of esters is 3. The molecule has 0 aromatic carbocycles. The molecule has 0 saturated heterocycles. The molecule has 5 aromatic rings. The topological polar surface area (TPSA) is 407 Å². The van der Waals surface area contributed by atoms with Gasteiger partial charge in [-0.2, -0.15) is 0 Å². The van der Waals surface area contributed by atoms with Crippen LogP contribution in [-0.2, 0) is 61.3 Å². The zero-order valence-electron chi connectivity index (χ0n) is 71.5. The molecule has 662 valence electrons. The van der Waals surface area contributed by atoms with Gasteiger partial charge in [-0.15, -0.1) is 0 Å². The molecule has 0 aliphatic heterocycles. The number of carbonyl (C=O) groups excluding carboxylic acids is 3. The number of fused-ring (bicyclic) bond motifs is 2. The summed E-state index contributed by atoms with van der Waals surface area (Å²) in [5.74, 6) is -6.18. The molecule has 0 saturated carbocycles. The van der Waals surface area contributed by atoms with E-state index in [9.17, 15) is 91.0 Å². The van der Waals surface area contributed by atoms with Gasteiger partial charge in [0.2, 0.25) is 0 Å². The second-order valence-electron chi connectivity index (χ2n) is 33.6. The number of hydrogen-bond donors (Lipinski definition) is 15. The molecule has 13 unspecified atom stereocenters. The molecule has 26 nitrogen and oxygen atoms in total. The zero-order chi connectivity index (χ0) is 86.1. The summed E-state index contributed by atoms with van der Waals surface area (Å²) >= 11 is 0. The Balaban J connectivity index is 0.959. The van der Waals surface area contributed by atoms with Crippen LogP contribution in [0.1, 0.15) is 348 Å². The number of ether oxygens (including phenoxy) is 3. The molecule has 13 atom stereocenters. The normalized spacial score (nSPS) is 17.7. The average molecular weight is 1660 g/mol. The Morgan fingerprint density at radius 3 is 1.19 bits per heavy atom. The van der Waals surface area contributed by atoms with Crippen LogP contribution in [0.2, 0.25) is 0 Å². The number of aliphatic hydroxyl groups is 5. The molecule has 0 amide bonds.